The number of nitrogens with zero attached hydrogens (tertiary/aromatic N) is 5. The molecule has 2 aliphatic rings. The van der Waals surface area contributed by atoms with E-state index >= 15 is 0 Å². The number of hydrogen-bond donors (Lipinski definition) is 2. The van der Waals surface area contributed by atoms with Gasteiger partial charge in [-0.1, -0.05) is 22.9 Å². The van der Waals surface area contributed by atoms with Crippen LogP contribution in [0.3, 0.4) is 0 Å². The first-order valence-corrected chi connectivity index (χ1v) is 12.4. The Labute approximate surface area is 218 Å². The van der Waals surface area contributed by atoms with Gasteiger partial charge in [0, 0.05) is 24.2 Å². The maximum Gasteiger partial charge on any atom is 0.413 e. The Kier molecular flexibility index (Phi) is 6.57. The number of hydrogen-bond acceptors (Lipinski definition) is 7. The molecule has 194 valence electrons. The van der Waals surface area contributed by atoms with E-state index in [0.717, 1.165) is 18.5 Å². The molecule has 0 unspecified atom stereocenters. The first-order chi connectivity index (χ1) is 17.6. The maximum absolute atomic E-state index is 13.2. The van der Waals surface area contributed by atoms with Crippen LogP contribution in [0.25, 0.3) is 11.4 Å². The second-order valence-electron chi connectivity index (χ2n) is 9.95. The Morgan fingerprint density at radius 3 is 2.59 bits per heavy atom. The van der Waals surface area contributed by atoms with Crippen LogP contribution in [0, 0.1) is 18.3 Å². The molecule has 2 fully saturated rings. The molecule has 0 aromatic carbocycles. The van der Waals surface area contributed by atoms with Gasteiger partial charge in [0.25, 0.3) is 0 Å². The second kappa shape index (κ2) is 9.70. The number of amides is 2. The normalized spacial score (nSPS) is 23.1. The van der Waals surface area contributed by atoms with Crippen LogP contribution >= 0.6 is 11.6 Å². The third-order valence-corrected chi connectivity index (χ3v) is 7.40. The van der Waals surface area contributed by atoms with E-state index in [9.17, 15) is 14.0 Å². The summed E-state index contributed by atoms with van der Waals surface area (Å²) in [4.78, 5) is 33.7. The Morgan fingerprint density at radius 2 is 1.95 bits per heavy atom. The Hall–Kier alpha value is -3.60. The summed E-state index contributed by atoms with van der Waals surface area (Å²) < 4.78 is 20.1. The first kappa shape index (κ1) is 25.1. The molecule has 0 aliphatic heterocycles. The van der Waals surface area contributed by atoms with Crippen LogP contribution in [0.1, 0.15) is 50.0 Å². The molecule has 2 aliphatic carbocycles. The number of anilines is 2. The number of halogens is 2. The lowest BCUT2D eigenvalue weighted by Gasteiger charge is -2.54. The van der Waals surface area contributed by atoms with Crippen LogP contribution in [0.4, 0.5) is 20.7 Å². The van der Waals surface area contributed by atoms with Gasteiger partial charge in [0.2, 0.25) is 5.91 Å². The molecule has 1 spiro atoms. The molecule has 12 heteroatoms. The number of nitrogens with one attached hydrogen (secondary N) is 2. The molecular formula is C25H27ClFN7O3. The molecule has 3 heterocycles. The van der Waals surface area contributed by atoms with E-state index in [2.05, 4.69) is 30.9 Å². The lowest BCUT2D eigenvalue weighted by molar-refractivity contribution is -0.136. The van der Waals surface area contributed by atoms with Crippen molar-refractivity contribution in [2.24, 2.45) is 18.4 Å². The quantitative estimate of drug-likeness (QED) is 0.432. The number of ether oxygens (including phenoxy) is 1. The molecule has 10 nitrogen and oxygen atoms in total. The van der Waals surface area contributed by atoms with E-state index in [0.29, 0.717) is 41.3 Å². The van der Waals surface area contributed by atoms with Gasteiger partial charge in [-0.05, 0) is 63.1 Å². The minimum absolute atomic E-state index is 0.0428. The SMILES string of the molecule is Cc1ccc([C@@H](C)OC(=O)Nc2c(-c3ccc(NC(=O)C4CC5(CC(F)C5)C4)cn3)nnn2C)c(Cl)n1. The molecule has 0 saturated heterocycles. The van der Waals surface area contributed by atoms with Gasteiger partial charge in [0.05, 0.1) is 17.6 Å². The highest BCUT2D eigenvalue weighted by Crippen LogP contribution is 2.59. The molecule has 0 radical (unpaired) electrons. The number of carbonyl (C=O) groups excluding carboxylic acids is 2. The highest BCUT2D eigenvalue weighted by atomic mass is 35.5. The Bertz CT molecular complexity index is 1330. The maximum atomic E-state index is 13.2. The Balaban J connectivity index is 1.20. The average Bonchev–Trinajstić information content (AvgIpc) is 3.15. The van der Waals surface area contributed by atoms with Crippen LogP contribution in [0.2, 0.25) is 5.15 Å². The van der Waals surface area contributed by atoms with Gasteiger partial charge in [-0.25, -0.2) is 18.9 Å². The summed E-state index contributed by atoms with van der Waals surface area (Å²) in [6, 6.07) is 6.94. The molecule has 3 aromatic heterocycles. The number of alkyl halides is 1. The molecule has 0 bridgehead atoms. The van der Waals surface area contributed by atoms with Crippen LogP contribution in [0.15, 0.2) is 30.5 Å². The second-order valence-corrected chi connectivity index (χ2v) is 10.3. The Morgan fingerprint density at radius 1 is 1.19 bits per heavy atom. The molecule has 37 heavy (non-hydrogen) atoms. The first-order valence-electron chi connectivity index (χ1n) is 12.0. The molecule has 5 rings (SSSR count). The van der Waals surface area contributed by atoms with Gasteiger partial charge in [0.1, 0.15) is 17.4 Å². The average molecular weight is 528 g/mol. The monoisotopic (exact) mass is 527 g/mol. The number of aromatic nitrogens is 5. The minimum atomic E-state index is -0.719. The van der Waals surface area contributed by atoms with Gasteiger partial charge in [0.15, 0.2) is 11.5 Å². The number of pyridine rings is 2. The highest BCUT2D eigenvalue weighted by molar-refractivity contribution is 6.30. The van der Waals surface area contributed by atoms with Crippen LogP contribution in [-0.4, -0.2) is 43.1 Å². The zero-order chi connectivity index (χ0) is 26.3. The van der Waals surface area contributed by atoms with E-state index < -0.39 is 18.4 Å². The third-order valence-electron chi connectivity index (χ3n) is 7.10. The van der Waals surface area contributed by atoms with Gasteiger partial charge >= 0.3 is 6.09 Å². The zero-order valence-corrected chi connectivity index (χ0v) is 21.4. The van der Waals surface area contributed by atoms with E-state index in [4.69, 9.17) is 16.3 Å². The van der Waals surface area contributed by atoms with Crippen LogP contribution in [0.5, 0.6) is 0 Å². The van der Waals surface area contributed by atoms with E-state index in [1.54, 1.807) is 38.2 Å². The van der Waals surface area contributed by atoms with Gasteiger partial charge in [-0.15, -0.1) is 5.10 Å². The molecule has 2 amide bonds. The summed E-state index contributed by atoms with van der Waals surface area (Å²) in [5, 5.41) is 13.9. The fraction of sp³-hybridized carbons (Fsp3) is 0.440. The minimum Gasteiger partial charge on any atom is -0.441 e. The fourth-order valence-electron chi connectivity index (χ4n) is 5.10. The van der Waals surface area contributed by atoms with Crippen molar-refractivity contribution in [3.05, 3.63) is 46.9 Å². The van der Waals surface area contributed by atoms with Crippen molar-refractivity contribution in [1.29, 1.82) is 0 Å². The predicted octanol–water partition coefficient (Wildman–Crippen LogP) is 5.01. The summed E-state index contributed by atoms with van der Waals surface area (Å²) in [5.41, 5.74) is 2.72. The van der Waals surface area contributed by atoms with Crippen molar-refractivity contribution in [1.82, 2.24) is 25.0 Å². The third kappa shape index (κ3) is 5.13. The summed E-state index contributed by atoms with van der Waals surface area (Å²) in [6.45, 7) is 3.52. The van der Waals surface area contributed by atoms with Gasteiger partial charge in [-0.2, -0.15) is 0 Å². The summed E-state index contributed by atoms with van der Waals surface area (Å²) in [7, 11) is 1.63. The van der Waals surface area contributed by atoms with Crippen molar-refractivity contribution >= 4 is 35.1 Å². The smallest absolute Gasteiger partial charge is 0.413 e. The van der Waals surface area contributed by atoms with Crippen molar-refractivity contribution in [2.75, 3.05) is 10.6 Å². The van der Waals surface area contributed by atoms with Crippen LogP contribution in [-0.2, 0) is 16.6 Å². The summed E-state index contributed by atoms with van der Waals surface area (Å²) >= 11 is 6.19. The van der Waals surface area contributed by atoms with E-state index in [1.165, 1.54) is 10.9 Å². The number of aryl methyl sites for hydroxylation is 2. The molecular weight excluding hydrogens is 501 g/mol. The molecule has 2 N–H and O–H groups in total. The molecule has 2 saturated carbocycles. The summed E-state index contributed by atoms with van der Waals surface area (Å²) in [5.74, 6) is 0.119. The number of carbonyl (C=O) groups is 2. The largest absolute Gasteiger partial charge is 0.441 e. The topological polar surface area (TPSA) is 124 Å². The van der Waals surface area contributed by atoms with Gasteiger partial charge in [-0.3, -0.25) is 15.1 Å². The van der Waals surface area contributed by atoms with E-state index in [-0.39, 0.29) is 22.4 Å². The van der Waals surface area contributed by atoms with Gasteiger partial charge < -0.3 is 10.1 Å². The lowest BCUT2D eigenvalue weighted by atomic mass is 9.51. The van der Waals surface area contributed by atoms with Crippen molar-refractivity contribution in [3.8, 4) is 11.4 Å². The zero-order valence-electron chi connectivity index (χ0n) is 20.7. The number of rotatable bonds is 6. The van der Waals surface area contributed by atoms with E-state index in [1.807, 2.05) is 6.92 Å². The summed E-state index contributed by atoms with van der Waals surface area (Å²) in [6.07, 6.45) is 2.07. The highest BCUT2D eigenvalue weighted by Gasteiger charge is 2.55. The van der Waals surface area contributed by atoms with Crippen molar-refractivity contribution in [2.45, 2.75) is 51.8 Å². The van der Waals surface area contributed by atoms with Crippen molar-refractivity contribution < 1.29 is 18.7 Å². The fourth-order valence-corrected chi connectivity index (χ4v) is 5.45. The standard InChI is InChI=1S/C25H27ClFN7O3/c1-13-4-6-18(21(26)29-13)14(2)37-24(36)31-22-20(32-33-34(22)3)19-7-5-17(12-28-19)30-23(35)15-8-25(9-15)10-16(27)11-25/h4-7,12,14-16H,8-11H2,1-3H3,(H,30,35)(H,31,36)/t14-,15?,16?,25?/m1/s1. The molecule has 1 atom stereocenters. The predicted molar refractivity (Wildman–Crippen MR) is 135 cm³/mol. The van der Waals surface area contributed by atoms with Crippen LogP contribution < -0.4 is 10.6 Å². The van der Waals surface area contributed by atoms with Crippen molar-refractivity contribution in [3.63, 3.8) is 0 Å². The molecule has 3 aromatic rings. The lowest BCUT2D eigenvalue weighted by Crippen LogP contribution is -2.51.